The van der Waals surface area contributed by atoms with E-state index >= 15 is 0 Å². The predicted molar refractivity (Wildman–Crippen MR) is 106 cm³/mol. The van der Waals surface area contributed by atoms with E-state index in [1.165, 1.54) is 0 Å². The number of terminal acetylenes is 1. The standard InChI is InChI=1S/C22H20N2O5/c1-2-11-23-20(25)12-19(21(26)27)24-22(28)29-13-18-16-9-5-3-7-14(16)15-8-4-6-10-17(15)18/h1,3-10,18-19H,11-13H2,(H,23,25)(H,24,28)(H,26,27)/t19-/m1/s1. The summed E-state index contributed by atoms with van der Waals surface area (Å²) in [5.41, 5.74) is 4.27. The lowest BCUT2D eigenvalue weighted by molar-refractivity contribution is -0.141. The number of carboxylic acid groups (broad SMARTS) is 1. The molecule has 0 radical (unpaired) electrons. The molecule has 0 aromatic heterocycles. The van der Waals surface area contributed by atoms with Gasteiger partial charge in [0.05, 0.1) is 13.0 Å². The lowest BCUT2D eigenvalue weighted by Crippen LogP contribution is -2.44. The number of carboxylic acids is 1. The van der Waals surface area contributed by atoms with Crippen molar-refractivity contribution in [3.05, 3.63) is 59.7 Å². The van der Waals surface area contributed by atoms with Gasteiger partial charge >= 0.3 is 12.1 Å². The van der Waals surface area contributed by atoms with Gasteiger partial charge in [0.25, 0.3) is 0 Å². The number of fused-ring (bicyclic) bond motifs is 3. The fourth-order valence-corrected chi connectivity index (χ4v) is 3.39. The first-order valence-corrected chi connectivity index (χ1v) is 9.05. The van der Waals surface area contributed by atoms with Crippen LogP contribution in [0.2, 0.25) is 0 Å². The number of ether oxygens (including phenoxy) is 1. The zero-order chi connectivity index (χ0) is 20.8. The molecule has 0 heterocycles. The molecule has 148 valence electrons. The minimum atomic E-state index is -1.41. The van der Waals surface area contributed by atoms with Gasteiger partial charge in [0.15, 0.2) is 0 Å². The number of hydrogen-bond donors (Lipinski definition) is 3. The Labute approximate surface area is 168 Å². The molecule has 7 heteroatoms. The predicted octanol–water partition coefficient (Wildman–Crippen LogP) is 2.12. The van der Waals surface area contributed by atoms with E-state index in [9.17, 15) is 19.5 Å². The largest absolute Gasteiger partial charge is 0.480 e. The number of aliphatic carboxylic acids is 1. The summed E-state index contributed by atoms with van der Waals surface area (Å²) < 4.78 is 5.31. The van der Waals surface area contributed by atoms with E-state index in [0.717, 1.165) is 22.3 Å². The molecule has 2 aromatic rings. The zero-order valence-corrected chi connectivity index (χ0v) is 15.6. The van der Waals surface area contributed by atoms with Crippen LogP contribution in [0.3, 0.4) is 0 Å². The number of rotatable bonds is 7. The van der Waals surface area contributed by atoms with Crippen LogP contribution in [0.5, 0.6) is 0 Å². The van der Waals surface area contributed by atoms with Crippen molar-refractivity contribution in [2.75, 3.05) is 13.2 Å². The van der Waals surface area contributed by atoms with E-state index in [0.29, 0.717) is 0 Å². The lowest BCUT2D eigenvalue weighted by atomic mass is 9.98. The fourth-order valence-electron chi connectivity index (χ4n) is 3.39. The van der Waals surface area contributed by atoms with Gasteiger partial charge in [-0.25, -0.2) is 9.59 Å². The maximum Gasteiger partial charge on any atom is 0.407 e. The summed E-state index contributed by atoms with van der Waals surface area (Å²) in [5.74, 6) is 0.162. The first kappa shape index (κ1) is 20.0. The van der Waals surface area contributed by atoms with Crippen LogP contribution in [0.1, 0.15) is 23.5 Å². The Balaban J connectivity index is 1.64. The molecule has 0 bridgehead atoms. The summed E-state index contributed by atoms with van der Waals surface area (Å²) in [6, 6.07) is 14.3. The highest BCUT2D eigenvalue weighted by atomic mass is 16.5. The van der Waals surface area contributed by atoms with Crippen molar-refractivity contribution in [1.29, 1.82) is 0 Å². The summed E-state index contributed by atoms with van der Waals surface area (Å²) in [6.45, 7) is 0.0333. The SMILES string of the molecule is C#CCNC(=O)C[C@@H](NC(=O)OCC1c2ccccc2-c2ccccc21)C(=O)O. The molecular formula is C22H20N2O5. The van der Waals surface area contributed by atoms with Crippen LogP contribution in [-0.2, 0) is 14.3 Å². The second kappa shape index (κ2) is 8.93. The molecule has 2 amide bonds. The molecule has 0 saturated heterocycles. The van der Waals surface area contributed by atoms with Gasteiger partial charge in [-0.1, -0.05) is 54.5 Å². The minimum absolute atomic E-state index is 0.0177. The van der Waals surface area contributed by atoms with Crippen LogP contribution in [0, 0.1) is 12.3 Å². The van der Waals surface area contributed by atoms with Crippen molar-refractivity contribution < 1.29 is 24.2 Å². The number of benzene rings is 2. The molecule has 0 fully saturated rings. The summed E-state index contributed by atoms with van der Waals surface area (Å²) in [6.07, 6.45) is 3.70. The van der Waals surface area contributed by atoms with Gasteiger partial charge in [-0.2, -0.15) is 0 Å². The highest BCUT2D eigenvalue weighted by Crippen LogP contribution is 2.44. The third-order valence-corrected chi connectivity index (χ3v) is 4.71. The molecular weight excluding hydrogens is 372 g/mol. The van der Waals surface area contributed by atoms with Crippen molar-refractivity contribution in [2.24, 2.45) is 0 Å². The Morgan fingerprint density at radius 2 is 1.66 bits per heavy atom. The molecule has 0 spiro atoms. The Hall–Kier alpha value is -3.79. The van der Waals surface area contributed by atoms with Gasteiger partial charge in [-0.15, -0.1) is 6.42 Å². The zero-order valence-electron chi connectivity index (χ0n) is 15.6. The third-order valence-electron chi connectivity index (χ3n) is 4.71. The number of carbonyl (C=O) groups is 3. The molecule has 0 unspecified atom stereocenters. The molecule has 3 N–H and O–H groups in total. The van der Waals surface area contributed by atoms with Crippen LogP contribution in [0.15, 0.2) is 48.5 Å². The van der Waals surface area contributed by atoms with Crippen molar-refractivity contribution in [1.82, 2.24) is 10.6 Å². The molecule has 7 nitrogen and oxygen atoms in total. The Morgan fingerprint density at radius 3 is 2.21 bits per heavy atom. The van der Waals surface area contributed by atoms with Crippen LogP contribution >= 0.6 is 0 Å². The van der Waals surface area contributed by atoms with Gasteiger partial charge in [0.2, 0.25) is 5.91 Å². The van der Waals surface area contributed by atoms with Crippen molar-refractivity contribution >= 4 is 18.0 Å². The molecule has 1 atom stereocenters. The third kappa shape index (κ3) is 4.55. The topological polar surface area (TPSA) is 105 Å². The molecule has 2 aromatic carbocycles. The van der Waals surface area contributed by atoms with Gasteiger partial charge in [0, 0.05) is 5.92 Å². The number of hydrogen-bond acceptors (Lipinski definition) is 4. The first-order valence-electron chi connectivity index (χ1n) is 9.05. The van der Waals surface area contributed by atoms with Gasteiger partial charge < -0.3 is 20.5 Å². The number of alkyl carbamates (subject to hydrolysis) is 1. The molecule has 0 aliphatic heterocycles. The van der Waals surface area contributed by atoms with E-state index in [1.807, 2.05) is 48.5 Å². The lowest BCUT2D eigenvalue weighted by Gasteiger charge is -2.17. The van der Waals surface area contributed by atoms with Crippen LogP contribution in [0.4, 0.5) is 4.79 Å². The number of nitrogens with one attached hydrogen (secondary N) is 2. The monoisotopic (exact) mass is 392 g/mol. The maximum absolute atomic E-state index is 12.2. The Kier molecular flexibility index (Phi) is 6.15. The molecule has 1 aliphatic carbocycles. The van der Waals surface area contributed by atoms with Crippen LogP contribution in [0.25, 0.3) is 11.1 Å². The van der Waals surface area contributed by atoms with E-state index in [4.69, 9.17) is 11.2 Å². The van der Waals surface area contributed by atoms with Crippen LogP contribution < -0.4 is 10.6 Å². The maximum atomic E-state index is 12.2. The second-order valence-electron chi connectivity index (χ2n) is 6.55. The van der Waals surface area contributed by atoms with Gasteiger partial charge in [0.1, 0.15) is 12.6 Å². The van der Waals surface area contributed by atoms with E-state index in [-0.39, 0.29) is 19.1 Å². The van der Waals surface area contributed by atoms with Gasteiger partial charge in [-0.3, -0.25) is 4.79 Å². The number of amides is 2. The fraction of sp³-hybridized carbons (Fsp3) is 0.227. The van der Waals surface area contributed by atoms with E-state index in [2.05, 4.69) is 16.6 Å². The number of carbonyl (C=O) groups excluding carboxylic acids is 2. The average molecular weight is 392 g/mol. The quantitative estimate of drug-likeness (QED) is 0.626. The highest BCUT2D eigenvalue weighted by Gasteiger charge is 2.30. The molecule has 3 rings (SSSR count). The van der Waals surface area contributed by atoms with E-state index in [1.54, 1.807) is 0 Å². The molecule has 1 aliphatic rings. The summed E-state index contributed by atoms with van der Waals surface area (Å²) in [4.78, 5) is 35.2. The normalized spacial score (nSPS) is 12.8. The summed E-state index contributed by atoms with van der Waals surface area (Å²) in [5, 5.41) is 13.8. The smallest absolute Gasteiger partial charge is 0.407 e. The highest BCUT2D eigenvalue weighted by molar-refractivity contribution is 5.87. The minimum Gasteiger partial charge on any atom is -0.480 e. The first-order chi connectivity index (χ1) is 14.0. The van der Waals surface area contributed by atoms with Crippen molar-refractivity contribution in [2.45, 2.75) is 18.4 Å². The Morgan fingerprint density at radius 1 is 1.07 bits per heavy atom. The van der Waals surface area contributed by atoms with Crippen molar-refractivity contribution in [3.8, 4) is 23.5 Å². The molecule has 0 saturated carbocycles. The average Bonchev–Trinajstić information content (AvgIpc) is 3.04. The van der Waals surface area contributed by atoms with Gasteiger partial charge in [-0.05, 0) is 22.3 Å². The molecule has 29 heavy (non-hydrogen) atoms. The summed E-state index contributed by atoms with van der Waals surface area (Å²) in [7, 11) is 0. The van der Waals surface area contributed by atoms with Crippen molar-refractivity contribution in [3.63, 3.8) is 0 Å². The van der Waals surface area contributed by atoms with Crippen LogP contribution in [-0.4, -0.2) is 42.3 Å². The van der Waals surface area contributed by atoms with E-state index < -0.39 is 30.4 Å². The second-order valence-corrected chi connectivity index (χ2v) is 6.55. The Bertz CT molecular complexity index is 934. The summed E-state index contributed by atoms with van der Waals surface area (Å²) >= 11 is 0.